The molecule has 1 atom stereocenters. The van der Waals surface area contributed by atoms with Crippen LogP contribution in [0.25, 0.3) is 5.69 Å². The minimum absolute atomic E-state index is 0.0276. The van der Waals surface area contributed by atoms with Gasteiger partial charge in [0.25, 0.3) is 5.56 Å². The van der Waals surface area contributed by atoms with E-state index in [9.17, 15) is 31.9 Å². The van der Waals surface area contributed by atoms with Crippen molar-refractivity contribution in [2.24, 2.45) is 7.05 Å². The fourth-order valence-electron chi connectivity index (χ4n) is 2.68. The number of aromatic nitrogens is 2. The molecule has 26 heavy (non-hydrogen) atoms. The van der Waals surface area contributed by atoms with E-state index >= 15 is 0 Å². The van der Waals surface area contributed by atoms with E-state index in [0.717, 1.165) is 19.2 Å². The van der Waals surface area contributed by atoms with E-state index in [1.54, 1.807) is 0 Å². The van der Waals surface area contributed by atoms with Crippen molar-refractivity contribution in [3.63, 3.8) is 0 Å². The van der Waals surface area contributed by atoms with E-state index in [1.807, 2.05) is 0 Å². The van der Waals surface area contributed by atoms with Crippen molar-refractivity contribution in [2.45, 2.75) is 18.0 Å². The second kappa shape index (κ2) is 5.97. The lowest BCUT2D eigenvalue weighted by Crippen LogP contribution is -2.41. The number of rotatable bonds is 1. The molecule has 0 aliphatic carbocycles. The van der Waals surface area contributed by atoms with E-state index in [4.69, 9.17) is 11.6 Å². The summed E-state index contributed by atoms with van der Waals surface area (Å²) < 4.78 is 53.6. The Bertz CT molecular complexity index is 1040. The number of nitrogens with zero attached hydrogens (tertiary/aromatic N) is 2. The van der Waals surface area contributed by atoms with E-state index in [0.29, 0.717) is 5.56 Å². The molecule has 0 saturated heterocycles. The third-order valence-electron chi connectivity index (χ3n) is 3.97. The molecule has 1 amide bonds. The van der Waals surface area contributed by atoms with Crippen molar-refractivity contribution in [3.8, 4) is 5.69 Å². The SMILES string of the molecule is Cn1c(C(F)(F)F)cc(=O)n(-c2cc3c(cc2F)CC(Cl)C(=O)N3)c1=O. The number of anilines is 1. The molecular weight excluding hydrogens is 382 g/mol. The molecule has 1 aliphatic rings. The quantitative estimate of drug-likeness (QED) is 0.595. The maximum atomic E-state index is 14.4. The highest BCUT2D eigenvalue weighted by molar-refractivity contribution is 6.33. The van der Waals surface area contributed by atoms with Gasteiger partial charge in [0.2, 0.25) is 5.91 Å². The average Bonchev–Trinajstić information content (AvgIpc) is 2.52. The summed E-state index contributed by atoms with van der Waals surface area (Å²) in [6, 6.07) is 2.19. The molecule has 3 rings (SSSR count). The smallest absolute Gasteiger partial charge is 0.324 e. The Morgan fingerprint density at radius 3 is 2.46 bits per heavy atom. The number of nitrogens with one attached hydrogen (secondary N) is 1. The van der Waals surface area contributed by atoms with Crippen molar-refractivity contribution in [1.29, 1.82) is 0 Å². The van der Waals surface area contributed by atoms with Crippen LogP contribution in [-0.4, -0.2) is 20.4 Å². The summed E-state index contributed by atoms with van der Waals surface area (Å²) in [5.41, 5.74) is -4.30. The molecule has 1 unspecified atom stereocenters. The highest BCUT2D eigenvalue weighted by Gasteiger charge is 2.35. The van der Waals surface area contributed by atoms with Crippen LogP contribution in [0.15, 0.2) is 27.8 Å². The molecule has 138 valence electrons. The second-order valence-electron chi connectivity index (χ2n) is 5.66. The lowest BCUT2D eigenvalue weighted by atomic mass is 10.0. The summed E-state index contributed by atoms with van der Waals surface area (Å²) in [5, 5.41) is 1.49. The highest BCUT2D eigenvalue weighted by atomic mass is 35.5. The molecule has 0 bridgehead atoms. The largest absolute Gasteiger partial charge is 0.431 e. The number of amides is 1. The predicted molar refractivity (Wildman–Crippen MR) is 84.2 cm³/mol. The molecule has 6 nitrogen and oxygen atoms in total. The third-order valence-corrected chi connectivity index (χ3v) is 4.32. The summed E-state index contributed by atoms with van der Waals surface area (Å²) in [6.07, 6.45) is -4.90. The van der Waals surface area contributed by atoms with Gasteiger partial charge in [0.15, 0.2) is 0 Å². The van der Waals surface area contributed by atoms with Gasteiger partial charge in [-0.25, -0.2) is 13.8 Å². The van der Waals surface area contributed by atoms with Gasteiger partial charge in [-0.2, -0.15) is 13.2 Å². The van der Waals surface area contributed by atoms with Crippen LogP contribution in [0, 0.1) is 5.82 Å². The van der Waals surface area contributed by atoms with Gasteiger partial charge in [0.1, 0.15) is 16.9 Å². The molecule has 1 N–H and O–H groups in total. The van der Waals surface area contributed by atoms with Gasteiger partial charge in [-0.05, 0) is 24.1 Å². The maximum Gasteiger partial charge on any atom is 0.431 e. The van der Waals surface area contributed by atoms with E-state index in [1.165, 1.54) is 0 Å². The molecular formula is C15H10ClF4N3O3. The fourth-order valence-corrected chi connectivity index (χ4v) is 2.90. The van der Waals surface area contributed by atoms with Gasteiger partial charge >= 0.3 is 11.9 Å². The van der Waals surface area contributed by atoms with Crippen LogP contribution in [0.3, 0.4) is 0 Å². The van der Waals surface area contributed by atoms with Crippen molar-refractivity contribution in [3.05, 3.63) is 56.1 Å². The number of alkyl halides is 4. The molecule has 0 spiro atoms. The Hall–Kier alpha value is -2.62. The minimum Gasteiger partial charge on any atom is -0.324 e. The van der Waals surface area contributed by atoms with Gasteiger partial charge in [-0.15, -0.1) is 11.6 Å². The standard InChI is InChI=1S/C15H10ClF4N3O3/c1-22-11(15(18,19)20)5-12(24)23(14(22)26)10-4-9-6(3-8(10)17)2-7(16)13(25)21-9/h3-5,7H,2H2,1H3,(H,21,25). The number of halogens is 5. The number of carbonyl (C=O) groups is 1. The van der Waals surface area contributed by atoms with Gasteiger partial charge in [-0.3, -0.25) is 14.2 Å². The molecule has 0 fully saturated rings. The van der Waals surface area contributed by atoms with Gasteiger partial charge in [0.05, 0.1) is 5.69 Å². The molecule has 0 radical (unpaired) electrons. The minimum atomic E-state index is -4.93. The van der Waals surface area contributed by atoms with Crippen molar-refractivity contribution >= 4 is 23.2 Å². The Balaban J connectivity index is 2.25. The maximum absolute atomic E-state index is 14.4. The lowest BCUT2D eigenvalue weighted by Gasteiger charge is -2.22. The Morgan fingerprint density at radius 1 is 1.19 bits per heavy atom. The van der Waals surface area contributed by atoms with Crippen molar-refractivity contribution in [1.82, 2.24) is 9.13 Å². The number of hydrogen-bond donors (Lipinski definition) is 1. The molecule has 11 heteroatoms. The lowest BCUT2D eigenvalue weighted by molar-refractivity contribution is -0.144. The monoisotopic (exact) mass is 391 g/mol. The summed E-state index contributed by atoms with van der Waals surface area (Å²) in [4.78, 5) is 36.0. The second-order valence-corrected chi connectivity index (χ2v) is 6.19. The molecule has 0 saturated carbocycles. The average molecular weight is 392 g/mol. The van der Waals surface area contributed by atoms with Crippen LogP contribution in [0.4, 0.5) is 23.2 Å². The van der Waals surface area contributed by atoms with Gasteiger partial charge < -0.3 is 5.32 Å². The first-order valence-corrected chi connectivity index (χ1v) is 7.62. The number of benzene rings is 1. The normalized spacial score (nSPS) is 17.0. The Morgan fingerprint density at radius 2 is 1.85 bits per heavy atom. The fraction of sp³-hybridized carbons (Fsp3) is 0.267. The first-order valence-electron chi connectivity index (χ1n) is 7.18. The van der Waals surface area contributed by atoms with Crippen LogP contribution in [0.5, 0.6) is 0 Å². The molecule has 2 heterocycles. The molecule has 1 aliphatic heterocycles. The zero-order valence-electron chi connectivity index (χ0n) is 13.0. The summed E-state index contributed by atoms with van der Waals surface area (Å²) in [5.74, 6) is -1.56. The number of fused-ring (bicyclic) bond motifs is 1. The van der Waals surface area contributed by atoms with Crippen LogP contribution >= 0.6 is 11.6 Å². The highest BCUT2D eigenvalue weighted by Crippen LogP contribution is 2.30. The zero-order chi connectivity index (χ0) is 19.4. The summed E-state index contributed by atoms with van der Waals surface area (Å²) >= 11 is 5.79. The first-order chi connectivity index (χ1) is 12.0. The van der Waals surface area contributed by atoms with E-state index < -0.39 is 45.9 Å². The molecule has 2 aromatic rings. The topological polar surface area (TPSA) is 73.1 Å². The predicted octanol–water partition coefficient (Wildman–Crippen LogP) is 1.80. The van der Waals surface area contributed by atoms with Gasteiger partial charge in [-0.1, -0.05) is 0 Å². The van der Waals surface area contributed by atoms with Crippen molar-refractivity contribution < 1.29 is 22.4 Å². The zero-order valence-corrected chi connectivity index (χ0v) is 13.8. The number of hydrogen-bond acceptors (Lipinski definition) is 3. The van der Waals surface area contributed by atoms with Crippen LogP contribution in [-0.2, 0) is 24.4 Å². The molecule has 1 aromatic carbocycles. The first kappa shape index (κ1) is 18.2. The van der Waals surface area contributed by atoms with Crippen LogP contribution in [0.1, 0.15) is 11.3 Å². The molecule has 1 aromatic heterocycles. The Labute approximate surface area is 147 Å². The summed E-state index contributed by atoms with van der Waals surface area (Å²) in [7, 11) is 0.817. The van der Waals surface area contributed by atoms with Gasteiger partial charge in [0, 0.05) is 18.8 Å². The van der Waals surface area contributed by atoms with Crippen molar-refractivity contribution in [2.75, 3.05) is 5.32 Å². The summed E-state index contributed by atoms with van der Waals surface area (Å²) in [6.45, 7) is 0. The van der Waals surface area contributed by atoms with E-state index in [2.05, 4.69) is 5.32 Å². The van der Waals surface area contributed by atoms with E-state index in [-0.39, 0.29) is 27.3 Å². The Kier molecular flexibility index (Phi) is 4.18. The van der Waals surface area contributed by atoms with Crippen LogP contribution in [0.2, 0.25) is 0 Å². The third kappa shape index (κ3) is 2.90. The van der Waals surface area contributed by atoms with Crippen LogP contribution < -0.4 is 16.6 Å². The number of carbonyl (C=O) groups excluding carboxylic acids is 1.